The highest BCUT2D eigenvalue weighted by molar-refractivity contribution is 5.75. The molecule has 0 aromatic carbocycles. The van der Waals surface area contributed by atoms with Crippen LogP contribution in [0.3, 0.4) is 0 Å². The van der Waals surface area contributed by atoms with E-state index < -0.39 is 0 Å². The molecule has 0 amide bonds. The summed E-state index contributed by atoms with van der Waals surface area (Å²) in [5.74, 6) is 2.59. The highest BCUT2D eigenvalue weighted by atomic mass is 16.5. The van der Waals surface area contributed by atoms with Gasteiger partial charge >= 0.3 is 0 Å². The number of amidine groups is 1. The predicted molar refractivity (Wildman–Crippen MR) is 114 cm³/mol. The molecule has 0 saturated carbocycles. The number of ether oxygens (including phenoxy) is 3. The first kappa shape index (κ1) is 24.5. The lowest BCUT2D eigenvalue weighted by atomic mass is 10.2. The van der Waals surface area contributed by atoms with Gasteiger partial charge in [-0.05, 0) is 60.1 Å². The van der Waals surface area contributed by atoms with Gasteiger partial charge < -0.3 is 23.9 Å². The van der Waals surface area contributed by atoms with Gasteiger partial charge in [0.15, 0.2) is 0 Å². The summed E-state index contributed by atoms with van der Waals surface area (Å²) in [6.45, 7) is 18.9. The quantitative estimate of drug-likeness (QED) is 0.801. The smallest absolute Gasteiger partial charge is 0.285 e. The lowest BCUT2D eigenvalue weighted by Crippen LogP contribution is -2.30. The van der Waals surface area contributed by atoms with Crippen molar-refractivity contribution in [1.82, 2.24) is 5.32 Å². The Hall–Kier alpha value is -1.53. The highest BCUT2D eigenvalue weighted by Gasteiger charge is 2.16. The van der Waals surface area contributed by atoms with Gasteiger partial charge in [-0.25, -0.2) is 4.99 Å². The van der Waals surface area contributed by atoms with Crippen LogP contribution in [0.5, 0.6) is 0 Å². The van der Waals surface area contributed by atoms with Crippen LogP contribution in [-0.4, -0.2) is 50.1 Å². The zero-order valence-corrected chi connectivity index (χ0v) is 19.0. The van der Waals surface area contributed by atoms with Gasteiger partial charge in [-0.2, -0.15) is 0 Å². The molecule has 1 aromatic rings. The molecule has 1 aromatic heterocycles. The summed E-state index contributed by atoms with van der Waals surface area (Å²) in [6.07, 6.45) is 1.78. The van der Waals surface area contributed by atoms with E-state index in [2.05, 4.69) is 51.9 Å². The average Bonchev–Trinajstić information content (AvgIpc) is 3.31. The lowest BCUT2D eigenvalue weighted by molar-refractivity contribution is 0.00285. The van der Waals surface area contributed by atoms with Crippen LogP contribution in [0.25, 0.3) is 0 Å². The van der Waals surface area contributed by atoms with Crippen LogP contribution >= 0.6 is 0 Å². The molecule has 162 valence electrons. The number of hydrogen-bond acceptors (Lipinski definition) is 6. The van der Waals surface area contributed by atoms with Crippen LogP contribution in [0.2, 0.25) is 0 Å². The van der Waals surface area contributed by atoms with Crippen molar-refractivity contribution in [2.75, 3.05) is 19.8 Å². The summed E-state index contributed by atoms with van der Waals surface area (Å²) in [6, 6.07) is 5.45. The molecule has 2 aliphatic heterocycles. The van der Waals surface area contributed by atoms with Gasteiger partial charge in [-0.3, -0.25) is 0 Å². The molecule has 2 atom stereocenters. The van der Waals surface area contributed by atoms with Gasteiger partial charge in [0.05, 0.1) is 24.9 Å². The van der Waals surface area contributed by atoms with Crippen molar-refractivity contribution in [2.24, 2.45) is 4.99 Å². The van der Waals surface area contributed by atoms with Crippen molar-refractivity contribution in [3.8, 4) is 0 Å². The average molecular weight is 397 g/mol. The number of furan rings is 1. The second-order valence-electron chi connectivity index (χ2n) is 8.17. The molecular formula is C22H40N2O4. The molecule has 0 radical (unpaired) electrons. The van der Waals surface area contributed by atoms with Crippen LogP contribution in [0, 0.1) is 6.92 Å². The Morgan fingerprint density at radius 3 is 2.18 bits per heavy atom. The van der Waals surface area contributed by atoms with Gasteiger partial charge in [-0.15, -0.1) is 0 Å². The summed E-state index contributed by atoms with van der Waals surface area (Å²) in [4.78, 5) is 4.21. The van der Waals surface area contributed by atoms with E-state index in [4.69, 9.17) is 18.6 Å². The summed E-state index contributed by atoms with van der Waals surface area (Å²) >= 11 is 0. The van der Waals surface area contributed by atoms with Gasteiger partial charge in [0.1, 0.15) is 18.1 Å². The van der Waals surface area contributed by atoms with E-state index in [9.17, 15) is 0 Å². The molecule has 6 heteroatoms. The van der Waals surface area contributed by atoms with E-state index in [1.54, 1.807) is 0 Å². The third kappa shape index (κ3) is 10.7. The van der Waals surface area contributed by atoms with Gasteiger partial charge in [0, 0.05) is 18.6 Å². The zero-order valence-electron chi connectivity index (χ0n) is 19.0. The van der Waals surface area contributed by atoms with Gasteiger partial charge in [0.2, 0.25) is 0 Å². The van der Waals surface area contributed by atoms with E-state index in [0.29, 0.717) is 36.2 Å². The van der Waals surface area contributed by atoms with Crippen molar-refractivity contribution in [2.45, 2.75) is 92.0 Å². The van der Waals surface area contributed by atoms with Crippen LogP contribution in [-0.2, 0) is 14.2 Å². The number of hydrogen-bond donors (Lipinski definition) is 1. The third-order valence-corrected chi connectivity index (χ3v) is 3.89. The van der Waals surface area contributed by atoms with Crippen LogP contribution in [0.15, 0.2) is 21.5 Å². The largest absolute Gasteiger partial charge is 0.466 e. The Balaban J connectivity index is 0.000000210. The van der Waals surface area contributed by atoms with Crippen LogP contribution in [0.1, 0.15) is 72.3 Å². The van der Waals surface area contributed by atoms with Gasteiger partial charge in [-0.1, -0.05) is 13.8 Å². The van der Waals surface area contributed by atoms with Crippen molar-refractivity contribution in [3.63, 3.8) is 0 Å². The molecule has 6 nitrogen and oxygen atoms in total. The molecule has 0 aliphatic carbocycles. The molecule has 0 spiro atoms. The fourth-order valence-corrected chi connectivity index (χ4v) is 2.57. The minimum absolute atomic E-state index is 0.321. The topological polar surface area (TPSA) is 65.2 Å². The number of rotatable bonds is 4. The summed E-state index contributed by atoms with van der Waals surface area (Å²) in [5.41, 5.74) is 0. The Bertz CT molecular complexity index is 561. The molecule has 2 unspecified atom stereocenters. The molecule has 3 heterocycles. The third-order valence-electron chi connectivity index (χ3n) is 3.89. The molecule has 3 rings (SSSR count). The van der Waals surface area contributed by atoms with Crippen molar-refractivity contribution >= 4 is 6.02 Å². The second-order valence-corrected chi connectivity index (χ2v) is 8.17. The van der Waals surface area contributed by atoms with E-state index >= 15 is 0 Å². The standard InChI is InChI=1S/C8H12O.C7H14N2O.C7H14O2/c1-6(2)8-5-4-7(3)9-8;1-5(2)8-7-9-6(3)4-10-7;1-6(2)9-7-3-4-8-5-7/h4-6H,1-3H3;5-6H,4H2,1-3H3,(H,8,9);6-7H,3-5H2,1-2H3. The maximum Gasteiger partial charge on any atom is 0.285 e. The Kier molecular flexibility index (Phi) is 11.2. The first-order chi connectivity index (χ1) is 13.2. The molecule has 0 bridgehead atoms. The normalized spacial score (nSPS) is 21.0. The zero-order chi connectivity index (χ0) is 21.1. The SMILES string of the molecule is CC(C)OC1CCOC1.CC1COC(NC(C)C)=N1.Cc1ccc(C(C)C)o1. The summed E-state index contributed by atoms with van der Waals surface area (Å²) in [5, 5.41) is 3.10. The monoisotopic (exact) mass is 396 g/mol. The Morgan fingerprint density at radius 2 is 1.82 bits per heavy atom. The number of nitrogens with zero attached hydrogens (tertiary/aromatic N) is 1. The highest BCUT2D eigenvalue weighted by Crippen LogP contribution is 2.16. The molecule has 2 aliphatic rings. The van der Waals surface area contributed by atoms with E-state index in [-0.39, 0.29) is 0 Å². The molecular weight excluding hydrogens is 356 g/mol. The van der Waals surface area contributed by atoms with E-state index in [1.807, 2.05) is 26.0 Å². The lowest BCUT2D eigenvalue weighted by Gasteiger charge is -2.12. The Labute approximate surface area is 171 Å². The Morgan fingerprint density at radius 1 is 1.11 bits per heavy atom. The second kappa shape index (κ2) is 12.8. The van der Waals surface area contributed by atoms with Crippen LogP contribution < -0.4 is 5.32 Å². The molecule has 1 N–H and O–H groups in total. The number of nitrogens with one attached hydrogen (secondary N) is 1. The molecule has 1 fully saturated rings. The summed E-state index contributed by atoms with van der Waals surface area (Å²) in [7, 11) is 0. The maximum atomic E-state index is 5.49. The minimum atomic E-state index is 0.321. The fraction of sp³-hybridized carbons (Fsp3) is 0.773. The van der Waals surface area contributed by atoms with E-state index in [1.165, 1.54) is 0 Å². The van der Waals surface area contributed by atoms with Gasteiger partial charge in [0.25, 0.3) is 6.02 Å². The first-order valence-electron chi connectivity index (χ1n) is 10.4. The molecule has 1 saturated heterocycles. The number of aliphatic imine (C=N–C) groups is 1. The maximum absolute atomic E-state index is 5.49. The molecule has 28 heavy (non-hydrogen) atoms. The first-order valence-corrected chi connectivity index (χ1v) is 10.4. The van der Waals surface area contributed by atoms with Crippen molar-refractivity contribution in [1.29, 1.82) is 0 Å². The number of aryl methyl sites for hydroxylation is 1. The van der Waals surface area contributed by atoms with Crippen molar-refractivity contribution < 1.29 is 18.6 Å². The minimum Gasteiger partial charge on any atom is -0.466 e. The predicted octanol–water partition coefficient (Wildman–Crippen LogP) is 4.67. The van der Waals surface area contributed by atoms with E-state index in [0.717, 1.165) is 37.8 Å². The summed E-state index contributed by atoms with van der Waals surface area (Å²) < 4.78 is 21.2. The van der Waals surface area contributed by atoms with Crippen molar-refractivity contribution in [3.05, 3.63) is 23.7 Å². The van der Waals surface area contributed by atoms with Crippen LogP contribution in [0.4, 0.5) is 0 Å². The fourth-order valence-electron chi connectivity index (χ4n) is 2.57.